The van der Waals surface area contributed by atoms with E-state index in [4.69, 9.17) is 18.9 Å². The van der Waals surface area contributed by atoms with E-state index in [0.29, 0.717) is 12.7 Å². The lowest BCUT2D eigenvalue weighted by molar-refractivity contribution is -0.251. The Bertz CT molecular complexity index is 287. The standard InChI is InChI=1S/C19H38O4/c1-6-8-9-10-11-12-13-17(19(3,20-4)21-5)18(7-2)23-15-16-14-22-16/h16-18H,6-15H2,1-5H3. The van der Waals surface area contributed by atoms with Crippen molar-refractivity contribution in [2.45, 2.75) is 90.1 Å². The number of ether oxygens (including phenoxy) is 4. The lowest BCUT2D eigenvalue weighted by atomic mass is 9.86. The van der Waals surface area contributed by atoms with Crippen molar-refractivity contribution in [3.05, 3.63) is 0 Å². The second-order valence-corrected chi connectivity index (χ2v) is 6.82. The van der Waals surface area contributed by atoms with Gasteiger partial charge in [0.05, 0.1) is 19.3 Å². The number of epoxide rings is 1. The first-order chi connectivity index (χ1) is 11.1. The van der Waals surface area contributed by atoms with Gasteiger partial charge in [-0.15, -0.1) is 0 Å². The van der Waals surface area contributed by atoms with Crippen molar-refractivity contribution in [2.75, 3.05) is 27.4 Å². The van der Waals surface area contributed by atoms with Crippen molar-refractivity contribution in [3.63, 3.8) is 0 Å². The smallest absolute Gasteiger partial charge is 0.169 e. The normalized spacial score (nSPS) is 20.5. The van der Waals surface area contributed by atoms with Crippen LogP contribution in [0.15, 0.2) is 0 Å². The van der Waals surface area contributed by atoms with Crippen LogP contribution in [-0.2, 0) is 18.9 Å². The van der Waals surface area contributed by atoms with Crippen LogP contribution in [0.25, 0.3) is 0 Å². The molecule has 1 fully saturated rings. The number of hydrogen-bond donors (Lipinski definition) is 0. The molecule has 0 amide bonds. The van der Waals surface area contributed by atoms with Gasteiger partial charge in [0.25, 0.3) is 0 Å². The van der Waals surface area contributed by atoms with Gasteiger partial charge >= 0.3 is 0 Å². The van der Waals surface area contributed by atoms with Crippen molar-refractivity contribution < 1.29 is 18.9 Å². The molecule has 0 N–H and O–H groups in total. The van der Waals surface area contributed by atoms with Crippen LogP contribution in [0.1, 0.15) is 72.1 Å². The van der Waals surface area contributed by atoms with Gasteiger partial charge in [0.2, 0.25) is 0 Å². The van der Waals surface area contributed by atoms with Crippen molar-refractivity contribution >= 4 is 0 Å². The average Bonchev–Trinajstić information content (AvgIpc) is 3.40. The quantitative estimate of drug-likeness (QED) is 0.251. The van der Waals surface area contributed by atoms with Crippen LogP contribution >= 0.6 is 0 Å². The van der Waals surface area contributed by atoms with Gasteiger partial charge in [0, 0.05) is 20.1 Å². The summed E-state index contributed by atoms with van der Waals surface area (Å²) in [5, 5.41) is 0. The van der Waals surface area contributed by atoms with Crippen LogP contribution in [0, 0.1) is 5.92 Å². The van der Waals surface area contributed by atoms with Crippen molar-refractivity contribution in [1.29, 1.82) is 0 Å². The fourth-order valence-electron chi connectivity index (χ4n) is 3.23. The zero-order chi connectivity index (χ0) is 17.1. The van der Waals surface area contributed by atoms with Crippen LogP contribution in [0.3, 0.4) is 0 Å². The highest BCUT2D eigenvalue weighted by Crippen LogP contribution is 2.33. The summed E-state index contributed by atoms with van der Waals surface area (Å²) in [7, 11) is 3.46. The number of rotatable bonds is 15. The molecule has 3 atom stereocenters. The van der Waals surface area contributed by atoms with E-state index < -0.39 is 5.79 Å². The second-order valence-electron chi connectivity index (χ2n) is 6.82. The van der Waals surface area contributed by atoms with Gasteiger partial charge in [-0.05, 0) is 19.8 Å². The Balaban J connectivity index is 2.51. The molecule has 1 aliphatic heterocycles. The Morgan fingerprint density at radius 1 is 1.04 bits per heavy atom. The van der Waals surface area contributed by atoms with Crippen LogP contribution in [0.2, 0.25) is 0 Å². The minimum absolute atomic E-state index is 0.153. The van der Waals surface area contributed by atoms with E-state index in [0.717, 1.165) is 19.4 Å². The highest BCUT2D eigenvalue weighted by Gasteiger charge is 2.40. The fraction of sp³-hybridized carbons (Fsp3) is 1.00. The Kier molecular flexibility index (Phi) is 10.4. The zero-order valence-electron chi connectivity index (χ0n) is 15.9. The molecule has 1 rings (SSSR count). The third-order valence-corrected chi connectivity index (χ3v) is 5.10. The molecule has 1 heterocycles. The molecule has 4 heteroatoms. The Hall–Kier alpha value is -0.160. The summed E-state index contributed by atoms with van der Waals surface area (Å²) in [5.41, 5.74) is 0. The molecule has 0 aromatic carbocycles. The summed E-state index contributed by atoms with van der Waals surface area (Å²) in [4.78, 5) is 0. The molecule has 3 unspecified atom stereocenters. The van der Waals surface area contributed by atoms with E-state index in [1.54, 1.807) is 14.2 Å². The van der Waals surface area contributed by atoms with E-state index in [2.05, 4.69) is 13.8 Å². The first-order valence-corrected chi connectivity index (χ1v) is 9.44. The van der Waals surface area contributed by atoms with Crippen LogP contribution in [0.5, 0.6) is 0 Å². The summed E-state index contributed by atoms with van der Waals surface area (Å²) in [6.45, 7) is 8.00. The molecule has 0 aliphatic carbocycles. The molecule has 0 aromatic rings. The predicted octanol–water partition coefficient (Wildman–Crippen LogP) is 4.56. The summed E-state index contributed by atoms with van der Waals surface area (Å²) >= 11 is 0. The Morgan fingerprint density at radius 2 is 1.65 bits per heavy atom. The van der Waals surface area contributed by atoms with Crippen molar-refractivity contribution in [3.8, 4) is 0 Å². The highest BCUT2D eigenvalue weighted by atomic mass is 16.7. The lowest BCUT2D eigenvalue weighted by Gasteiger charge is -2.39. The van der Waals surface area contributed by atoms with Gasteiger partial charge in [-0.3, -0.25) is 0 Å². The van der Waals surface area contributed by atoms with Gasteiger partial charge in [0.1, 0.15) is 6.10 Å². The van der Waals surface area contributed by atoms with E-state index in [1.165, 1.54) is 38.5 Å². The molecule has 0 spiro atoms. The maximum Gasteiger partial charge on any atom is 0.169 e. The summed E-state index contributed by atoms with van der Waals surface area (Å²) in [6, 6.07) is 0. The van der Waals surface area contributed by atoms with Gasteiger partial charge in [-0.1, -0.05) is 52.4 Å². The molecule has 0 aromatic heterocycles. The molecule has 4 nitrogen and oxygen atoms in total. The first kappa shape index (κ1) is 20.9. The van der Waals surface area contributed by atoms with E-state index in [1.807, 2.05) is 6.92 Å². The maximum absolute atomic E-state index is 6.14. The average molecular weight is 331 g/mol. The fourth-order valence-corrected chi connectivity index (χ4v) is 3.23. The SMILES string of the molecule is CCCCCCCCC(C(CC)OCC1CO1)C(C)(OC)OC. The Labute approximate surface area is 143 Å². The number of unbranched alkanes of at least 4 members (excludes halogenated alkanes) is 5. The lowest BCUT2D eigenvalue weighted by Crippen LogP contribution is -2.46. The van der Waals surface area contributed by atoms with Gasteiger partial charge in [-0.25, -0.2) is 0 Å². The largest absolute Gasteiger partial charge is 0.375 e. The van der Waals surface area contributed by atoms with Gasteiger partial charge in [0.15, 0.2) is 5.79 Å². The van der Waals surface area contributed by atoms with Crippen molar-refractivity contribution in [2.24, 2.45) is 5.92 Å². The third-order valence-electron chi connectivity index (χ3n) is 5.10. The van der Waals surface area contributed by atoms with Crippen LogP contribution in [-0.4, -0.2) is 45.4 Å². The molecular weight excluding hydrogens is 292 g/mol. The molecule has 1 aliphatic rings. The molecule has 138 valence electrons. The van der Waals surface area contributed by atoms with E-state index in [-0.39, 0.29) is 12.0 Å². The van der Waals surface area contributed by atoms with E-state index in [9.17, 15) is 0 Å². The zero-order valence-corrected chi connectivity index (χ0v) is 15.9. The first-order valence-electron chi connectivity index (χ1n) is 9.44. The van der Waals surface area contributed by atoms with Gasteiger partial charge in [-0.2, -0.15) is 0 Å². The third kappa shape index (κ3) is 7.51. The highest BCUT2D eigenvalue weighted by molar-refractivity contribution is 4.83. The molecule has 1 saturated heterocycles. The molecule has 0 bridgehead atoms. The minimum atomic E-state index is -0.589. The van der Waals surface area contributed by atoms with Crippen molar-refractivity contribution in [1.82, 2.24) is 0 Å². The summed E-state index contributed by atoms with van der Waals surface area (Å²) in [5.74, 6) is -0.346. The molecular formula is C19H38O4. The molecule has 0 radical (unpaired) electrons. The van der Waals surface area contributed by atoms with Gasteiger partial charge < -0.3 is 18.9 Å². The van der Waals surface area contributed by atoms with Crippen LogP contribution < -0.4 is 0 Å². The topological polar surface area (TPSA) is 40.2 Å². The summed E-state index contributed by atoms with van der Waals surface area (Å²) in [6.07, 6.45) is 10.3. The Morgan fingerprint density at radius 3 is 2.17 bits per heavy atom. The number of methoxy groups -OCH3 is 2. The maximum atomic E-state index is 6.14. The van der Waals surface area contributed by atoms with Crippen LogP contribution in [0.4, 0.5) is 0 Å². The molecule has 0 saturated carbocycles. The molecule has 23 heavy (non-hydrogen) atoms. The predicted molar refractivity (Wildman–Crippen MR) is 93.7 cm³/mol. The minimum Gasteiger partial charge on any atom is -0.375 e. The summed E-state index contributed by atoms with van der Waals surface area (Å²) < 4.78 is 22.8. The number of hydrogen-bond acceptors (Lipinski definition) is 4. The van der Waals surface area contributed by atoms with E-state index >= 15 is 0 Å². The monoisotopic (exact) mass is 330 g/mol. The second kappa shape index (κ2) is 11.4.